The molecule has 2 aromatic carbocycles. The number of hydrogen-bond acceptors (Lipinski definition) is 5. The normalized spacial score (nSPS) is 23.8. The van der Waals surface area contributed by atoms with Crippen molar-refractivity contribution in [3.05, 3.63) is 59.7 Å². The quantitative estimate of drug-likeness (QED) is 0.712. The number of amides is 1. The van der Waals surface area contributed by atoms with Crippen molar-refractivity contribution in [1.29, 1.82) is 0 Å². The zero-order valence-corrected chi connectivity index (χ0v) is 18.6. The lowest BCUT2D eigenvalue weighted by Crippen LogP contribution is -2.45. The van der Waals surface area contributed by atoms with Crippen LogP contribution in [-0.4, -0.2) is 61.1 Å². The van der Waals surface area contributed by atoms with E-state index in [0.717, 1.165) is 19.3 Å². The molecule has 2 saturated heterocycles. The van der Waals surface area contributed by atoms with Gasteiger partial charge in [0.2, 0.25) is 10.0 Å². The number of fused-ring (bicyclic) bond motifs is 1. The Kier molecular flexibility index (Phi) is 5.29. The summed E-state index contributed by atoms with van der Waals surface area (Å²) in [5.41, 5.74) is 0.328. The molecule has 0 aromatic heterocycles. The summed E-state index contributed by atoms with van der Waals surface area (Å²) in [7, 11) is -3.53. The molecular weight excluding hydrogens is 428 g/mol. The van der Waals surface area contributed by atoms with Crippen LogP contribution in [0.15, 0.2) is 53.4 Å². The van der Waals surface area contributed by atoms with Crippen LogP contribution in [0.1, 0.15) is 52.8 Å². The smallest absolute Gasteiger partial charge is 0.253 e. The highest BCUT2D eigenvalue weighted by molar-refractivity contribution is 7.89. The molecule has 5 rings (SSSR count). The molecule has 0 bridgehead atoms. The van der Waals surface area contributed by atoms with Gasteiger partial charge < -0.3 is 9.64 Å². The average molecular weight is 455 g/mol. The second kappa shape index (κ2) is 8.01. The summed E-state index contributed by atoms with van der Waals surface area (Å²) in [4.78, 5) is 27.6. The fourth-order valence-corrected chi connectivity index (χ4v) is 6.41. The van der Waals surface area contributed by atoms with Crippen LogP contribution in [0.25, 0.3) is 0 Å². The Labute approximate surface area is 188 Å². The van der Waals surface area contributed by atoms with Crippen molar-refractivity contribution in [1.82, 2.24) is 9.21 Å². The largest absolute Gasteiger partial charge is 0.484 e. The van der Waals surface area contributed by atoms with E-state index in [1.54, 1.807) is 29.2 Å². The van der Waals surface area contributed by atoms with E-state index in [0.29, 0.717) is 49.5 Å². The number of para-hydroxylation sites is 1. The molecule has 3 aliphatic rings. The molecule has 0 aliphatic carbocycles. The number of carbonyl (C=O) groups excluding carboxylic acids is 2. The molecular formula is C24H26N2O5S. The minimum atomic E-state index is -3.53. The first-order chi connectivity index (χ1) is 15.4. The van der Waals surface area contributed by atoms with E-state index < -0.39 is 15.6 Å². The van der Waals surface area contributed by atoms with Crippen LogP contribution in [0.4, 0.5) is 0 Å². The van der Waals surface area contributed by atoms with Crippen molar-refractivity contribution >= 4 is 21.7 Å². The topological polar surface area (TPSA) is 84.0 Å². The highest BCUT2D eigenvalue weighted by Gasteiger charge is 2.47. The summed E-state index contributed by atoms with van der Waals surface area (Å²) in [5, 5.41) is 0. The molecule has 168 valence electrons. The van der Waals surface area contributed by atoms with Gasteiger partial charge in [-0.2, -0.15) is 4.31 Å². The minimum absolute atomic E-state index is 0.0356. The lowest BCUT2D eigenvalue weighted by molar-refractivity contribution is 0.0428. The molecule has 2 aromatic rings. The number of nitrogens with zero attached hydrogens (tertiary/aromatic N) is 2. The molecule has 3 aliphatic heterocycles. The summed E-state index contributed by atoms with van der Waals surface area (Å²) in [6.45, 7) is 1.91. The number of ether oxygens (including phenoxy) is 1. The Morgan fingerprint density at radius 3 is 2.41 bits per heavy atom. The molecule has 32 heavy (non-hydrogen) atoms. The first-order valence-electron chi connectivity index (χ1n) is 11.1. The van der Waals surface area contributed by atoms with Crippen LogP contribution in [0.5, 0.6) is 5.75 Å². The van der Waals surface area contributed by atoms with Crippen molar-refractivity contribution in [2.75, 3.05) is 26.2 Å². The molecule has 1 unspecified atom stereocenters. The number of piperidine rings is 1. The number of benzene rings is 2. The Bertz CT molecular complexity index is 1160. The van der Waals surface area contributed by atoms with E-state index in [-0.39, 0.29) is 23.0 Å². The molecule has 1 spiro atoms. The molecule has 2 fully saturated rings. The van der Waals surface area contributed by atoms with Crippen molar-refractivity contribution in [3.63, 3.8) is 0 Å². The van der Waals surface area contributed by atoms with Gasteiger partial charge in [0.05, 0.1) is 23.4 Å². The highest BCUT2D eigenvalue weighted by Crippen LogP contribution is 2.39. The van der Waals surface area contributed by atoms with Gasteiger partial charge in [0, 0.05) is 31.6 Å². The molecule has 1 atom stereocenters. The third-order valence-corrected chi connectivity index (χ3v) is 8.57. The second-order valence-corrected chi connectivity index (χ2v) is 10.8. The Morgan fingerprint density at radius 1 is 0.938 bits per heavy atom. The number of carbonyl (C=O) groups is 2. The standard InChI is InChI=1S/C24H26N2O5S/c27-21-16-24(31-22-7-3-2-6-20(21)22)12-15-25(17-24)23(28)18-8-10-19(11-9-18)32(29,30)26-13-4-1-5-14-26/h2-3,6-11H,1,4-5,12-17H2. The van der Waals surface area contributed by atoms with Crippen molar-refractivity contribution in [3.8, 4) is 5.75 Å². The van der Waals surface area contributed by atoms with Crippen molar-refractivity contribution in [2.45, 2.75) is 42.6 Å². The summed E-state index contributed by atoms with van der Waals surface area (Å²) < 4.78 is 33.4. The number of Topliss-reactive ketones (excluding diaryl/α,β-unsaturated/α-hetero) is 1. The molecule has 0 N–H and O–H groups in total. The zero-order valence-electron chi connectivity index (χ0n) is 17.8. The van der Waals surface area contributed by atoms with E-state index >= 15 is 0 Å². The predicted octanol–water partition coefficient (Wildman–Crippen LogP) is 3.11. The molecule has 7 nitrogen and oxygen atoms in total. The first kappa shape index (κ1) is 21.2. The molecule has 3 heterocycles. The number of sulfonamides is 1. The van der Waals surface area contributed by atoms with Gasteiger partial charge in [-0.25, -0.2) is 8.42 Å². The molecule has 0 saturated carbocycles. The van der Waals surface area contributed by atoms with Crippen LogP contribution in [0.2, 0.25) is 0 Å². The average Bonchev–Trinajstić information content (AvgIpc) is 3.22. The maximum Gasteiger partial charge on any atom is 0.253 e. The lowest BCUT2D eigenvalue weighted by Gasteiger charge is -2.34. The van der Waals surface area contributed by atoms with Crippen LogP contribution < -0.4 is 4.74 Å². The van der Waals surface area contributed by atoms with Gasteiger partial charge in [-0.3, -0.25) is 9.59 Å². The molecule has 8 heteroatoms. The number of hydrogen-bond donors (Lipinski definition) is 0. The van der Waals surface area contributed by atoms with Crippen LogP contribution in [-0.2, 0) is 10.0 Å². The van der Waals surface area contributed by atoms with Gasteiger partial charge in [-0.1, -0.05) is 18.6 Å². The third-order valence-electron chi connectivity index (χ3n) is 6.65. The fraction of sp³-hybridized carbons (Fsp3) is 0.417. The van der Waals surface area contributed by atoms with Crippen molar-refractivity contribution < 1.29 is 22.7 Å². The van der Waals surface area contributed by atoms with E-state index in [1.807, 2.05) is 12.1 Å². The Hall–Kier alpha value is -2.71. The van der Waals surface area contributed by atoms with Gasteiger partial charge in [0.25, 0.3) is 5.91 Å². The SMILES string of the molecule is O=C1CC2(CCN(C(=O)c3ccc(S(=O)(=O)N4CCCCC4)cc3)C2)Oc2ccccc21. The maximum atomic E-state index is 13.1. The fourth-order valence-electron chi connectivity index (χ4n) is 4.90. The van der Waals surface area contributed by atoms with E-state index in [1.165, 1.54) is 16.4 Å². The zero-order chi connectivity index (χ0) is 22.3. The van der Waals surface area contributed by atoms with Gasteiger partial charge >= 0.3 is 0 Å². The Balaban J connectivity index is 1.30. The van der Waals surface area contributed by atoms with Gasteiger partial charge in [-0.15, -0.1) is 0 Å². The summed E-state index contributed by atoms with van der Waals surface area (Å²) in [6.07, 6.45) is 3.64. The highest BCUT2D eigenvalue weighted by atomic mass is 32.2. The summed E-state index contributed by atoms with van der Waals surface area (Å²) >= 11 is 0. The minimum Gasteiger partial charge on any atom is -0.484 e. The van der Waals surface area contributed by atoms with Crippen molar-refractivity contribution in [2.24, 2.45) is 0 Å². The summed E-state index contributed by atoms with van der Waals surface area (Å²) in [5.74, 6) is 0.428. The third kappa shape index (κ3) is 3.71. The van der Waals surface area contributed by atoms with E-state index in [4.69, 9.17) is 4.74 Å². The van der Waals surface area contributed by atoms with Crippen LogP contribution in [0.3, 0.4) is 0 Å². The predicted molar refractivity (Wildman–Crippen MR) is 118 cm³/mol. The van der Waals surface area contributed by atoms with Gasteiger partial charge in [-0.05, 0) is 49.2 Å². The molecule has 0 radical (unpaired) electrons. The monoisotopic (exact) mass is 454 g/mol. The first-order valence-corrected chi connectivity index (χ1v) is 12.5. The van der Waals surface area contributed by atoms with E-state index in [2.05, 4.69) is 0 Å². The lowest BCUT2D eigenvalue weighted by atomic mass is 9.89. The van der Waals surface area contributed by atoms with Gasteiger partial charge in [0.15, 0.2) is 5.78 Å². The molecule has 1 amide bonds. The number of ketones is 1. The number of likely N-dealkylation sites (tertiary alicyclic amines) is 1. The van der Waals surface area contributed by atoms with Crippen LogP contribution >= 0.6 is 0 Å². The Morgan fingerprint density at radius 2 is 1.66 bits per heavy atom. The van der Waals surface area contributed by atoms with Crippen LogP contribution in [0, 0.1) is 0 Å². The second-order valence-electron chi connectivity index (χ2n) is 8.85. The summed E-state index contributed by atoms with van der Waals surface area (Å²) in [6, 6.07) is 13.4. The van der Waals surface area contributed by atoms with E-state index in [9.17, 15) is 18.0 Å². The van der Waals surface area contributed by atoms with Gasteiger partial charge in [0.1, 0.15) is 11.4 Å². The number of rotatable bonds is 3. The maximum absolute atomic E-state index is 13.1.